The summed E-state index contributed by atoms with van der Waals surface area (Å²) >= 11 is 0. The Kier molecular flexibility index (Phi) is 5.19. The van der Waals surface area contributed by atoms with Gasteiger partial charge in [-0.1, -0.05) is 61.7 Å². The fourth-order valence-electron chi connectivity index (χ4n) is 3.74. The highest BCUT2D eigenvalue weighted by molar-refractivity contribution is 5.97. The van der Waals surface area contributed by atoms with Crippen molar-refractivity contribution in [1.82, 2.24) is 5.32 Å². The van der Waals surface area contributed by atoms with E-state index in [4.69, 9.17) is 0 Å². The topological polar surface area (TPSA) is 49.3 Å². The molecule has 24 heavy (non-hydrogen) atoms. The fourth-order valence-corrected chi connectivity index (χ4v) is 3.74. The molecular weight excluding hydrogens is 298 g/mol. The molecule has 2 aliphatic carbocycles. The van der Waals surface area contributed by atoms with E-state index in [1.165, 1.54) is 24.8 Å². The van der Waals surface area contributed by atoms with E-state index in [0.717, 1.165) is 12.8 Å². The van der Waals surface area contributed by atoms with Crippen molar-refractivity contribution in [1.29, 1.82) is 0 Å². The molecule has 0 radical (unpaired) electrons. The van der Waals surface area contributed by atoms with Crippen molar-refractivity contribution in [2.24, 2.45) is 0 Å². The van der Waals surface area contributed by atoms with E-state index in [0.29, 0.717) is 18.5 Å². The highest BCUT2D eigenvalue weighted by Crippen LogP contribution is 2.39. The van der Waals surface area contributed by atoms with Gasteiger partial charge in [-0.05, 0) is 37.0 Å². The summed E-state index contributed by atoms with van der Waals surface area (Å²) in [5, 5.41) is 13.1. The van der Waals surface area contributed by atoms with Crippen LogP contribution in [0.4, 0.5) is 0 Å². The average molecular weight is 323 g/mol. The zero-order valence-corrected chi connectivity index (χ0v) is 14.0. The van der Waals surface area contributed by atoms with Crippen molar-refractivity contribution in [2.75, 3.05) is 6.54 Å². The maximum Gasteiger partial charge on any atom is 0.255 e. The Morgan fingerprint density at radius 1 is 1.12 bits per heavy atom. The third-order valence-electron chi connectivity index (χ3n) is 5.15. The SMILES string of the molecule is O=C(NCC1(c2ccccc2)CCCCC1)C1=CC=CCC=C1O. The summed E-state index contributed by atoms with van der Waals surface area (Å²) in [6.45, 7) is 0.615. The minimum absolute atomic E-state index is 0.00956. The van der Waals surface area contributed by atoms with Crippen LogP contribution >= 0.6 is 0 Å². The van der Waals surface area contributed by atoms with Crippen molar-refractivity contribution >= 4 is 5.91 Å². The van der Waals surface area contributed by atoms with Crippen LogP contribution in [0.3, 0.4) is 0 Å². The minimum atomic E-state index is -0.198. The molecule has 1 saturated carbocycles. The minimum Gasteiger partial charge on any atom is -0.507 e. The number of aliphatic hydroxyl groups is 1. The predicted molar refractivity (Wildman–Crippen MR) is 96.8 cm³/mol. The van der Waals surface area contributed by atoms with Gasteiger partial charge in [0.15, 0.2) is 0 Å². The first-order valence-corrected chi connectivity index (χ1v) is 8.81. The van der Waals surface area contributed by atoms with Gasteiger partial charge in [-0.3, -0.25) is 4.79 Å². The number of carbonyl (C=O) groups is 1. The summed E-state index contributed by atoms with van der Waals surface area (Å²) in [6.07, 6.45) is 13.6. The molecule has 1 aromatic carbocycles. The monoisotopic (exact) mass is 323 g/mol. The van der Waals surface area contributed by atoms with E-state index in [1.807, 2.05) is 18.2 Å². The number of carbonyl (C=O) groups excluding carboxylic acids is 1. The van der Waals surface area contributed by atoms with Crippen LogP contribution in [0, 0.1) is 0 Å². The molecule has 3 heteroatoms. The van der Waals surface area contributed by atoms with Gasteiger partial charge >= 0.3 is 0 Å². The second kappa shape index (κ2) is 7.52. The lowest BCUT2D eigenvalue weighted by atomic mass is 9.69. The molecule has 0 spiro atoms. The molecule has 1 aromatic rings. The zero-order valence-electron chi connectivity index (χ0n) is 14.0. The number of hydrogen-bond acceptors (Lipinski definition) is 2. The van der Waals surface area contributed by atoms with E-state index < -0.39 is 0 Å². The van der Waals surface area contributed by atoms with E-state index in [2.05, 4.69) is 29.6 Å². The Hall–Kier alpha value is -2.29. The van der Waals surface area contributed by atoms with Crippen molar-refractivity contribution < 1.29 is 9.90 Å². The molecule has 0 atom stereocenters. The number of aliphatic hydroxyl groups excluding tert-OH is 1. The molecule has 0 unspecified atom stereocenters. The summed E-state index contributed by atoms with van der Waals surface area (Å²) in [5.74, 6) is -0.133. The van der Waals surface area contributed by atoms with Gasteiger partial charge in [0, 0.05) is 12.0 Å². The molecule has 1 amide bonds. The first-order chi connectivity index (χ1) is 11.7. The number of rotatable bonds is 4. The lowest BCUT2D eigenvalue weighted by molar-refractivity contribution is -0.117. The van der Waals surface area contributed by atoms with Crippen LogP contribution in [0.15, 0.2) is 66.0 Å². The van der Waals surface area contributed by atoms with Crippen LogP contribution in [0.5, 0.6) is 0 Å². The highest BCUT2D eigenvalue weighted by Gasteiger charge is 2.34. The van der Waals surface area contributed by atoms with Crippen molar-refractivity contribution in [3.05, 3.63) is 71.5 Å². The Bertz CT molecular complexity index is 664. The number of hydrogen-bond donors (Lipinski definition) is 2. The van der Waals surface area contributed by atoms with Crippen molar-refractivity contribution in [2.45, 2.75) is 43.9 Å². The molecule has 126 valence electrons. The van der Waals surface area contributed by atoms with Gasteiger partial charge in [0.2, 0.25) is 0 Å². The summed E-state index contributed by atoms with van der Waals surface area (Å²) in [5.41, 5.74) is 1.66. The molecule has 0 saturated heterocycles. The third-order valence-corrected chi connectivity index (χ3v) is 5.15. The van der Waals surface area contributed by atoms with Crippen LogP contribution in [-0.2, 0) is 10.2 Å². The Morgan fingerprint density at radius 3 is 2.62 bits per heavy atom. The van der Waals surface area contributed by atoms with Crippen LogP contribution in [0.2, 0.25) is 0 Å². The van der Waals surface area contributed by atoms with Gasteiger partial charge in [-0.15, -0.1) is 0 Å². The standard InChI is InChI=1S/C21H25NO2/c23-19-13-7-2-6-12-18(19)20(24)22-16-21(14-8-3-9-15-21)17-10-4-1-5-11-17/h1-2,4-6,10-13,23H,3,7-9,14-16H2,(H,22,24). The lowest BCUT2D eigenvalue weighted by Gasteiger charge is -2.38. The van der Waals surface area contributed by atoms with E-state index in [9.17, 15) is 9.90 Å². The van der Waals surface area contributed by atoms with E-state index in [-0.39, 0.29) is 17.1 Å². The summed E-state index contributed by atoms with van der Waals surface area (Å²) < 4.78 is 0. The van der Waals surface area contributed by atoms with E-state index >= 15 is 0 Å². The predicted octanol–water partition coefficient (Wildman–Crippen LogP) is 4.33. The maximum absolute atomic E-state index is 12.6. The van der Waals surface area contributed by atoms with Gasteiger partial charge in [0.1, 0.15) is 5.76 Å². The van der Waals surface area contributed by atoms with Crippen LogP contribution in [0.1, 0.15) is 44.1 Å². The van der Waals surface area contributed by atoms with Gasteiger partial charge in [0.05, 0.1) is 5.57 Å². The Morgan fingerprint density at radius 2 is 1.88 bits per heavy atom. The molecule has 2 aliphatic rings. The Balaban J connectivity index is 1.76. The second-order valence-electron chi connectivity index (χ2n) is 6.72. The molecule has 1 fully saturated rings. The Labute approximate surface area is 143 Å². The molecule has 3 rings (SSSR count). The first kappa shape index (κ1) is 16.6. The average Bonchev–Trinajstić information content (AvgIpc) is 2.86. The summed E-state index contributed by atoms with van der Waals surface area (Å²) in [6, 6.07) is 10.5. The van der Waals surface area contributed by atoms with Crippen LogP contribution < -0.4 is 5.32 Å². The molecule has 0 aliphatic heterocycles. The highest BCUT2D eigenvalue weighted by atomic mass is 16.3. The quantitative estimate of drug-likeness (QED) is 0.866. The van der Waals surface area contributed by atoms with Crippen molar-refractivity contribution in [3.63, 3.8) is 0 Å². The lowest BCUT2D eigenvalue weighted by Crippen LogP contribution is -2.42. The second-order valence-corrected chi connectivity index (χ2v) is 6.72. The number of amides is 1. The van der Waals surface area contributed by atoms with Crippen LogP contribution in [0.25, 0.3) is 0 Å². The first-order valence-electron chi connectivity index (χ1n) is 8.81. The number of nitrogens with one attached hydrogen (secondary N) is 1. The molecular formula is C21H25NO2. The normalized spacial score (nSPS) is 19.8. The molecule has 0 bridgehead atoms. The third kappa shape index (κ3) is 3.61. The summed E-state index contributed by atoms with van der Waals surface area (Å²) in [7, 11) is 0. The summed E-state index contributed by atoms with van der Waals surface area (Å²) in [4.78, 5) is 12.6. The van der Waals surface area contributed by atoms with Crippen LogP contribution in [-0.4, -0.2) is 17.6 Å². The molecule has 3 nitrogen and oxygen atoms in total. The number of allylic oxidation sites excluding steroid dienone is 4. The zero-order chi connectivity index (χ0) is 16.8. The van der Waals surface area contributed by atoms with Gasteiger partial charge in [0.25, 0.3) is 5.91 Å². The smallest absolute Gasteiger partial charge is 0.255 e. The van der Waals surface area contributed by atoms with Gasteiger partial charge in [-0.25, -0.2) is 0 Å². The fraction of sp³-hybridized carbons (Fsp3) is 0.381. The number of benzene rings is 1. The van der Waals surface area contributed by atoms with E-state index in [1.54, 1.807) is 12.2 Å². The molecule has 0 aromatic heterocycles. The molecule has 0 heterocycles. The molecule has 2 N–H and O–H groups in total. The largest absolute Gasteiger partial charge is 0.507 e. The maximum atomic E-state index is 12.6. The van der Waals surface area contributed by atoms with Gasteiger partial charge in [-0.2, -0.15) is 0 Å². The van der Waals surface area contributed by atoms with Gasteiger partial charge < -0.3 is 10.4 Å². The van der Waals surface area contributed by atoms with Crippen molar-refractivity contribution in [3.8, 4) is 0 Å².